The lowest BCUT2D eigenvalue weighted by atomic mass is 10.1. The first-order valence-corrected chi connectivity index (χ1v) is 6.58. The number of rotatable bonds is 3. The van der Waals surface area contributed by atoms with Gasteiger partial charge in [-0.3, -0.25) is 0 Å². The van der Waals surface area contributed by atoms with Crippen molar-refractivity contribution in [2.24, 2.45) is 0 Å². The van der Waals surface area contributed by atoms with Crippen molar-refractivity contribution < 1.29 is 9.50 Å². The first-order chi connectivity index (χ1) is 10.2. The van der Waals surface area contributed by atoms with Crippen LogP contribution in [0.2, 0.25) is 0 Å². The molecule has 104 valence electrons. The van der Waals surface area contributed by atoms with E-state index in [9.17, 15) is 9.50 Å². The average Bonchev–Trinajstić information content (AvgIpc) is 2.85. The van der Waals surface area contributed by atoms with E-state index in [1.165, 1.54) is 12.1 Å². The fourth-order valence-electron chi connectivity index (χ4n) is 2.58. The van der Waals surface area contributed by atoms with E-state index in [4.69, 9.17) is 5.26 Å². The van der Waals surface area contributed by atoms with Crippen LogP contribution < -0.4 is 0 Å². The number of hydrogen-bond donors (Lipinski definition) is 1. The first-order valence-electron chi connectivity index (χ1n) is 6.58. The van der Waals surface area contributed by atoms with Crippen molar-refractivity contribution in [3.8, 4) is 6.07 Å². The molecule has 0 aliphatic rings. The molecule has 0 aliphatic carbocycles. The van der Waals surface area contributed by atoms with Gasteiger partial charge in [-0.2, -0.15) is 5.26 Å². The molecule has 0 atom stereocenters. The Hall–Kier alpha value is -2.64. The van der Waals surface area contributed by atoms with Gasteiger partial charge in [0.05, 0.1) is 18.2 Å². The number of aliphatic hydroxyl groups excluding tert-OH is 1. The summed E-state index contributed by atoms with van der Waals surface area (Å²) >= 11 is 0. The van der Waals surface area contributed by atoms with Crippen LogP contribution in [0.15, 0.2) is 48.7 Å². The highest BCUT2D eigenvalue weighted by Crippen LogP contribution is 2.22. The first kappa shape index (κ1) is 13.3. The summed E-state index contributed by atoms with van der Waals surface area (Å²) < 4.78 is 15.5. The summed E-state index contributed by atoms with van der Waals surface area (Å²) in [6.07, 6.45) is 1.86. The highest BCUT2D eigenvalue weighted by molar-refractivity contribution is 5.83. The van der Waals surface area contributed by atoms with Gasteiger partial charge in [0, 0.05) is 29.2 Å². The lowest BCUT2D eigenvalue weighted by Gasteiger charge is -2.06. The third kappa shape index (κ3) is 2.51. The van der Waals surface area contributed by atoms with Crippen LogP contribution in [0.4, 0.5) is 4.39 Å². The van der Waals surface area contributed by atoms with Crippen LogP contribution in [-0.4, -0.2) is 9.67 Å². The second kappa shape index (κ2) is 5.39. The number of aliphatic hydroxyl groups is 1. The van der Waals surface area contributed by atoms with Gasteiger partial charge < -0.3 is 9.67 Å². The average molecular weight is 280 g/mol. The Balaban J connectivity index is 2.06. The van der Waals surface area contributed by atoms with Crippen molar-refractivity contribution in [2.45, 2.75) is 13.2 Å². The van der Waals surface area contributed by atoms with Gasteiger partial charge in [0.1, 0.15) is 5.82 Å². The summed E-state index contributed by atoms with van der Waals surface area (Å²) in [5, 5.41) is 19.3. The van der Waals surface area contributed by atoms with Crippen molar-refractivity contribution in [1.29, 1.82) is 5.26 Å². The summed E-state index contributed by atoms with van der Waals surface area (Å²) in [5.74, 6) is -0.414. The molecule has 21 heavy (non-hydrogen) atoms. The summed E-state index contributed by atoms with van der Waals surface area (Å²) in [6, 6.07) is 14.0. The molecule has 0 spiro atoms. The molecule has 1 aromatic heterocycles. The Labute approximate surface area is 121 Å². The van der Waals surface area contributed by atoms with E-state index < -0.39 is 5.82 Å². The number of aromatic nitrogens is 1. The quantitative estimate of drug-likeness (QED) is 0.801. The third-order valence-electron chi connectivity index (χ3n) is 3.48. The maximum atomic E-state index is 13.5. The zero-order chi connectivity index (χ0) is 14.8. The van der Waals surface area contributed by atoms with Gasteiger partial charge in [0.25, 0.3) is 0 Å². The van der Waals surface area contributed by atoms with Crippen molar-refractivity contribution in [3.63, 3.8) is 0 Å². The summed E-state index contributed by atoms with van der Waals surface area (Å²) in [5.41, 5.74) is 2.84. The molecule has 0 unspecified atom stereocenters. The van der Waals surface area contributed by atoms with Crippen LogP contribution in [-0.2, 0) is 13.2 Å². The van der Waals surface area contributed by atoms with E-state index in [0.29, 0.717) is 12.1 Å². The minimum atomic E-state index is -0.414. The smallest absolute Gasteiger partial charge is 0.124 e. The zero-order valence-corrected chi connectivity index (χ0v) is 11.3. The maximum absolute atomic E-state index is 13.5. The molecule has 0 fully saturated rings. The molecular weight excluding hydrogens is 267 g/mol. The van der Waals surface area contributed by atoms with Gasteiger partial charge in [-0.15, -0.1) is 0 Å². The molecule has 0 aliphatic heterocycles. The van der Waals surface area contributed by atoms with Gasteiger partial charge in [-0.1, -0.05) is 18.2 Å². The van der Waals surface area contributed by atoms with Crippen LogP contribution in [0.5, 0.6) is 0 Å². The molecule has 1 N–H and O–H groups in total. The van der Waals surface area contributed by atoms with Gasteiger partial charge in [-0.05, 0) is 29.8 Å². The van der Waals surface area contributed by atoms with Crippen LogP contribution in [0, 0.1) is 17.1 Å². The number of nitrogens with zero attached hydrogens (tertiary/aromatic N) is 2. The van der Waals surface area contributed by atoms with E-state index in [0.717, 1.165) is 22.0 Å². The molecule has 3 aromatic rings. The minimum Gasteiger partial charge on any atom is -0.392 e. The summed E-state index contributed by atoms with van der Waals surface area (Å²) in [7, 11) is 0. The fourth-order valence-corrected chi connectivity index (χ4v) is 2.58. The van der Waals surface area contributed by atoms with Crippen molar-refractivity contribution in [3.05, 3.63) is 71.2 Å². The third-order valence-corrected chi connectivity index (χ3v) is 3.48. The second-order valence-corrected chi connectivity index (χ2v) is 4.92. The molecule has 3 rings (SSSR count). The molecular formula is C17H13FN2O. The number of benzene rings is 2. The molecule has 0 saturated carbocycles. The number of nitriles is 1. The number of para-hydroxylation sites is 1. The Morgan fingerprint density at radius 3 is 2.76 bits per heavy atom. The van der Waals surface area contributed by atoms with Crippen molar-refractivity contribution >= 4 is 10.9 Å². The van der Waals surface area contributed by atoms with Gasteiger partial charge in [0.15, 0.2) is 0 Å². The predicted octanol–water partition coefficient (Wildman–Crippen LogP) is 3.19. The van der Waals surface area contributed by atoms with E-state index in [1.54, 1.807) is 6.07 Å². The monoisotopic (exact) mass is 280 g/mol. The van der Waals surface area contributed by atoms with Gasteiger partial charge in [-0.25, -0.2) is 4.39 Å². The predicted molar refractivity (Wildman–Crippen MR) is 78.1 cm³/mol. The Bertz CT molecular complexity index is 846. The molecule has 2 aromatic carbocycles. The normalized spacial score (nSPS) is 10.7. The van der Waals surface area contributed by atoms with E-state index in [-0.39, 0.29) is 6.61 Å². The molecule has 0 amide bonds. The number of hydrogen-bond acceptors (Lipinski definition) is 2. The Morgan fingerprint density at radius 1 is 1.19 bits per heavy atom. The highest BCUT2D eigenvalue weighted by atomic mass is 19.1. The number of fused-ring (bicyclic) bond motifs is 1. The molecule has 3 nitrogen and oxygen atoms in total. The molecule has 0 bridgehead atoms. The van der Waals surface area contributed by atoms with Crippen LogP contribution in [0.25, 0.3) is 10.9 Å². The highest BCUT2D eigenvalue weighted by Gasteiger charge is 2.08. The Kier molecular flexibility index (Phi) is 3.43. The minimum absolute atomic E-state index is 0.0416. The largest absolute Gasteiger partial charge is 0.392 e. The van der Waals surface area contributed by atoms with E-state index >= 15 is 0 Å². The van der Waals surface area contributed by atoms with Gasteiger partial charge in [0.2, 0.25) is 0 Å². The standard InChI is InChI=1S/C17H13FN2O/c18-15-6-12(8-19)5-13(7-15)9-20-10-14(11-21)16-3-1-2-4-17(16)20/h1-7,10,21H,9,11H2. The Morgan fingerprint density at radius 2 is 2.00 bits per heavy atom. The SMILES string of the molecule is N#Cc1cc(F)cc(Cn2cc(CO)c3ccccc32)c1. The lowest BCUT2D eigenvalue weighted by Crippen LogP contribution is -1.99. The maximum Gasteiger partial charge on any atom is 0.124 e. The topological polar surface area (TPSA) is 49.0 Å². The zero-order valence-electron chi connectivity index (χ0n) is 11.3. The molecule has 1 heterocycles. The van der Waals surface area contributed by atoms with Crippen LogP contribution in [0.3, 0.4) is 0 Å². The lowest BCUT2D eigenvalue weighted by molar-refractivity contribution is 0.283. The van der Waals surface area contributed by atoms with E-state index in [2.05, 4.69) is 0 Å². The molecule has 0 radical (unpaired) electrons. The number of halogens is 1. The summed E-state index contributed by atoms with van der Waals surface area (Å²) in [4.78, 5) is 0. The van der Waals surface area contributed by atoms with E-state index in [1.807, 2.05) is 41.1 Å². The van der Waals surface area contributed by atoms with Crippen molar-refractivity contribution in [2.75, 3.05) is 0 Å². The van der Waals surface area contributed by atoms with Crippen LogP contribution >= 0.6 is 0 Å². The van der Waals surface area contributed by atoms with Crippen molar-refractivity contribution in [1.82, 2.24) is 4.57 Å². The molecule has 0 saturated heterocycles. The van der Waals surface area contributed by atoms with Crippen LogP contribution in [0.1, 0.15) is 16.7 Å². The second-order valence-electron chi connectivity index (χ2n) is 4.92. The fraction of sp³-hybridized carbons (Fsp3) is 0.118. The summed E-state index contributed by atoms with van der Waals surface area (Å²) in [6.45, 7) is 0.410. The molecule has 4 heteroatoms. The van der Waals surface area contributed by atoms with Gasteiger partial charge >= 0.3 is 0 Å².